The van der Waals surface area contributed by atoms with Crippen LogP contribution in [0.3, 0.4) is 0 Å². The molecule has 1 saturated carbocycles. The number of benzene rings is 2. The van der Waals surface area contributed by atoms with Crippen LogP contribution in [0.2, 0.25) is 5.02 Å². The summed E-state index contributed by atoms with van der Waals surface area (Å²) in [4.78, 5) is 19.0. The van der Waals surface area contributed by atoms with E-state index in [1.165, 1.54) is 30.1 Å². The molecule has 2 aromatic carbocycles. The van der Waals surface area contributed by atoms with Gasteiger partial charge in [-0.05, 0) is 61.4 Å². The van der Waals surface area contributed by atoms with Gasteiger partial charge in [0.15, 0.2) is 11.5 Å². The number of fused-ring (bicyclic) bond motifs is 4. The zero-order chi connectivity index (χ0) is 44.2. The summed E-state index contributed by atoms with van der Waals surface area (Å²) >= 11 is 6.65. The third-order valence-corrected chi connectivity index (χ3v) is 12.6. The standard InChI is InChI=1S/C40H35ClF7N9O4S/c1-55-33-24(3-5-28(41)31(33)38(53-55)54-62(2,59)60)23-4-6-29(19-16-50-56(17-19)22-7-9-61-10-8-22)51-32(23)26(13-18-11-20(42)14-21(43)12-18)34(37(49)58)57-36-30(35(52-57)40(46,47)48)25-15-27(25)39(36,44)45/h3-6,11-12,14,16-17,22,25-27,34H,7-10,13,15H2,1-2H3,(H2,49,58)(H,53,54)/t25-,26+,27+,34?/m0/s1. The predicted octanol–water partition coefficient (Wildman–Crippen LogP) is 7.63. The Labute approximate surface area is 353 Å². The van der Waals surface area contributed by atoms with Crippen LogP contribution >= 0.6 is 11.6 Å². The number of ether oxygens (including phenoxy) is 1. The van der Waals surface area contributed by atoms with E-state index >= 15 is 8.78 Å². The minimum absolute atomic E-state index is 0.0225. The van der Waals surface area contributed by atoms with E-state index in [-0.39, 0.29) is 62.3 Å². The summed E-state index contributed by atoms with van der Waals surface area (Å²) in [7, 11) is -2.42. The monoisotopic (exact) mass is 905 g/mol. The van der Waals surface area contributed by atoms with Gasteiger partial charge in [-0.25, -0.2) is 21.9 Å². The molecule has 5 heterocycles. The molecule has 3 N–H and O–H groups in total. The fourth-order valence-electron chi connectivity index (χ4n) is 9.07. The molecule has 3 aliphatic rings. The first-order chi connectivity index (χ1) is 29.2. The number of alkyl halides is 5. The van der Waals surface area contributed by atoms with Crippen molar-refractivity contribution in [3.8, 4) is 22.4 Å². The number of hydrogen-bond acceptors (Lipinski definition) is 8. The predicted molar refractivity (Wildman–Crippen MR) is 211 cm³/mol. The fraction of sp³-hybridized carbons (Fsp3) is 0.375. The van der Waals surface area contributed by atoms with Crippen LogP contribution in [-0.4, -0.2) is 68.1 Å². The number of pyridine rings is 1. The van der Waals surface area contributed by atoms with Gasteiger partial charge in [-0.2, -0.15) is 37.2 Å². The maximum atomic E-state index is 16.2. The molecule has 0 spiro atoms. The van der Waals surface area contributed by atoms with E-state index in [1.807, 2.05) is 0 Å². The average Bonchev–Trinajstić information content (AvgIpc) is 3.42. The first kappa shape index (κ1) is 41.8. The second kappa shape index (κ2) is 14.8. The molecule has 1 aliphatic heterocycles. The second-order valence-corrected chi connectivity index (χ2v) is 18.1. The molecular formula is C40H35ClF7N9O4S. The fourth-order valence-corrected chi connectivity index (χ4v) is 9.81. The van der Waals surface area contributed by atoms with Crippen molar-refractivity contribution in [3.63, 3.8) is 0 Å². The normalized spacial score (nSPS) is 19.6. The number of carbonyl (C=O) groups is 1. The number of nitrogens with two attached hydrogens (primary N) is 1. The number of nitrogens with zero attached hydrogens (tertiary/aromatic N) is 7. The summed E-state index contributed by atoms with van der Waals surface area (Å²) in [6.45, 7) is 1.01. The maximum absolute atomic E-state index is 16.2. The van der Waals surface area contributed by atoms with E-state index in [4.69, 9.17) is 27.1 Å². The first-order valence-electron chi connectivity index (χ1n) is 19.3. The zero-order valence-electron chi connectivity index (χ0n) is 32.6. The van der Waals surface area contributed by atoms with Crippen molar-refractivity contribution in [1.29, 1.82) is 0 Å². The molecule has 6 aromatic rings. The van der Waals surface area contributed by atoms with Crippen LogP contribution in [0.25, 0.3) is 33.3 Å². The van der Waals surface area contributed by atoms with Gasteiger partial charge in [0.05, 0.1) is 45.8 Å². The average molecular weight is 906 g/mol. The summed E-state index contributed by atoms with van der Waals surface area (Å²) in [5, 5.41) is 12.7. The molecule has 1 unspecified atom stereocenters. The summed E-state index contributed by atoms with van der Waals surface area (Å²) in [6.07, 6.45) is -0.557. The molecule has 2 aliphatic carbocycles. The quantitative estimate of drug-likeness (QED) is 0.125. The minimum atomic E-state index is -5.22. The van der Waals surface area contributed by atoms with Gasteiger partial charge in [-0.3, -0.25) is 23.9 Å². The highest BCUT2D eigenvalue weighted by molar-refractivity contribution is 7.92. The molecule has 22 heteroatoms. The van der Waals surface area contributed by atoms with Gasteiger partial charge >= 0.3 is 6.18 Å². The van der Waals surface area contributed by atoms with Crippen molar-refractivity contribution < 1.29 is 48.7 Å². The van der Waals surface area contributed by atoms with Gasteiger partial charge in [0.2, 0.25) is 15.9 Å². The van der Waals surface area contributed by atoms with Crippen molar-refractivity contribution in [1.82, 2.24) is 34.3 Å². The lowest BCUT2D eigenvalue weighted by atomic mass is 9.83. The van der Waals surface area contributed by atoms with Crippen molar-refractivity contribution in [2.24, 2.45) is 18.7 Å². The van der Waals surface area contributed by atoms with Crippen molar-refractivity contribution in [3.05, 3.63) is 99.7 Å². The second-order valence-electron chi connectivity index (χ2n) is 15.9. The molecule has 1 saturated heterocycles. The molecule has 0 bridgehead atoms. The van der Waals surface area contributed by atoms with Crippen LogP contribution in [-0.2, 0) is 45.1 Å². The Morgan fingerprint density at radius 3 is 2.42 bits per heavy atom. The lowest BCUT2D eigenvalue weighted by Gasteiger charge is -2.30. The van der Waals surface area contributed by atoms with E-state index in [2.05, 4.69) is 20.0 Å². The van der Waals surface area contributed by atoms with Crippen LogP contribution in [0.5, 0.6) is 0 Å². The Kier molecular flexibility index (Phi) is 9.97. The number of halogens is 8. The summed E-state index contributed by atoms with van der Waals surface area (Å²) in [5.74, 6) is -11.8. The van der Waals surface area contributed by atoms with Crippen LogP contribution in [0.1, 0.15) is 71.4 Å². The van der Waals surface area contributed by atoms with E-state index < -0.39 is 86.8 Å². The van der Waals surface area contributed by atoms with Crippen LogP contribution in [0.4, 0.5) is 36.6 Å². The topological polar surface area (TPSA) is 165 Å². The van der Waals surface area contributed by atoms with E-state index in [9.17, 15) is 35.2 Å². The largest absolute Gasteiger partial charge is 0.435 e. The van der Waals surface area contributed by atoms with Gasteiger partial charge in [-0.1, -0.05) is 23.7 Å². The highest BCUT2D eigenvalue weighted by Crippen LogP contribution is 2.69. The highest BCUT2D eigenvalue weighted by atomic mass is 35.5. The smallest absolute Gasteiger partial charge is 0.381 e. The summed E-state index contributed by atoms with van der Waals surface area (Å²) in [6, 6.07) is 6.34. The number of primary amides is 1. The molecule has 2 fully saturated rings. The summed E-state index contributed by atoms with van der Waals surface area (Å²) in [5.41, 5.74) is 3.58. The van der Waals surface area contributed by atoms with Crippen molar-refractivity contribution in [2.75, 3.05) is 24.2 Å². The Hall–Kier alpha value is -5.54. The Morgan fingerprint density at radius 1 is 1.06 bits per heavy atom. The summed E-state index contributed by atoms with van der Waals surface area (Å²) < 4.78 is 142. The molecule has 62 heavy (non-hydrogen) atoms. The molecule has 4 aromatic heterocycles. The van der Waals surface area contributed by atoms with Gasteiger partial charge in [-0.15, -0.1) is 0 Å². The highest BCUT2D eigenvalue weighted by Gasteiger charge is 2.69. The van der Waals surface area contributed by atoms with Crippen LogP contribution in [0, 0.1) is 17.6 Å². The number of aromatic nitrogens is 7. The van der Waals surface area contributed by atoms with Gasteiger partial charge in [0.1, 0.15) is 23.4 Å². The number of anilines is 1. The number of sulfonamides is 1. The molecule has 1 amide bonds. The Balaban J connectivity index is 1.33. The van der Waals surface area contributed by atoms with E-state index in [0.717, 1.165) is 18.4 Å². The number of carbonyl (C=O) groups excluding carboxylic acids is 1. The molecule has 4 atom stereocenters. The Morgan fingerprint density at radius 2 is 1.76 bits per heavy atom. The van der Waals surface area contributed by atoms with Crippen LogP contribution < -0.4 is 10.5 Å². The number of hydrogen-bond donors (Lipinski definition) is 2. The lowest BCUT2D eigenvalue weighted by Crippen LogP contribution is -2.37. The zero-order valence-corrected chi connectivity index (χ0v) is 34.2. The number of rotatable bonds is 11. The van der Waals surface area contributed by atoms with Crippen molar-refractivity contribution in [2.45, 2.75) is 61.7 Å². The SMILES string of the molecule is Cn1nc(NS(C)(=O)=O)c2c(Cl)ccc(-c3ccc(-c4cnn(C5CCOCC5)c4)nc3[C@@H](Cc3cc(F)cc(F)c3)C(C(N)=O)n3nc(C(F)(F)F)c4c3C(F)(F)[C@@H]3C[C@H]43)c21. The maximum Gasteiger partial charge on any atom is 0.435 e. The number of nitrogens with one attached hydrogen (secondary N) is 1. The molecule has 0 radical (unpaired) electrons. The van der Waals surface area contributed by atoms with E-state index in [0.29, 0.717) is 42.4 Å². The third kappa shape index (κ3) is 7.26. The van der Waals surface area contributed by atoms with Gasteiger partial charge in [0, 0.05) is 66.6 Å². The molecular weight excluding hydrogens is 871 g/mol. The molecule has 9 rings (SSSR count). The molecule has 13 nitrogen and oxygen atoms in total. The van der Waals surface area contributed by atoms with Gasteiger partial charge in [0.25, 0.3) is 5.92 Å². The third-order valence-electron chi connectivity index (χ3n) is 11.7. The van der Waals surface area contributed by atoms with Crippen molar-refractivity contribution >= 4 is 44.3 Å². The minimum Gasteiger partial charge on any atom is -0.381 e. The lowest BCUT2D eigenvalue weighted by molar-refractivity contribution is -0.142. The van der Waals surface area contributed by atoms with E-state index in [1.54, 1.807) is 23.0 Å². The number of amides is 1. The number of aryl methyl sites for hydroxylation is 1. The molecule has 326 valence electrons. The van der Waals surface area contributed by atoms with Gasteiger partial charge < -0.3 is 10.5 Å². The first-order valence-corrected chi connectivity index (χ1v) is 21.6. The Bertz CT molecular complexity index is 2890. The van der Waals surface area contributed by atoms with Crippen LogP contribution in [0.15, 0.2) is 54.9 Å².